The molecule has 0 radical (unpaired) electrons. The molecule has 6 rings (SSSR count). The molecule has 6 saturated carbocycles. The number of nitrogens with zero attached hydrogens (tertiary/aromatic N) is 2. The SMILES string of the molecule is CCO[Si](C)(C)CCCNC(=O)NC1CCC(CC2CCC(NC(=O)OC(COC3CCC(C(C)(C)C4CCC(OCC(CN(CC)CC)OC(=O)NC5CCC(CC6CCC(NC(=O)NCCC[Si](OCC)(OCC)OCC)CC6)CC5)CC4)CC3)CN(CC)CC)CC2)CC1. The van der Waals surface area contributed by atoms with Crippen molar-refractivity contribution < 1.29 is 55.8 Å². The molecule has 0 bridgehead atoms. The van der Waals surface area contributed by atoms with Crippen LogP contribution in [0.2, 0.25) is 25.2 Å². The Morgan fingerprint density at radius 1 is 0.423 bits per heavy atom. The molecule has 0 aromatic rings. The minimum atomic E-state index is -2.71. The van der Waals surface area contributed by atoms with Crippen molar-refractivity contribution in [2.75, 3.05) is 92.0 Å². The first kappa shape index (κ1) is 83.1. The first-order valence-corrected chi connectivity index (χ1v) is 45.0. The van der Waals surface area contributed by atoms with Crippen LogP contribution in [0.1, 0.15) is 249 Å². The second-order valence-electron chi connectivity index (χ2n) is 31.3. The fraction of sp³-hybridized carbons (Fsp3) is 0.947. The molecular weight excluding hydrogens is 1260 g/mol. The molecule has 0 aromatic heterocycles. The van der Waals surface area contributed by atoms with Crippen molar-refractivity contribution >= 4 is 41.4 Å². The number of carbonyl (C=O) groups is 4. The van der Waals surface area contributed by atoms with Gasteiger partial charge in [0.15, 0.2) is 8.32 Å². The Balaban J connectivity index is 0.823. The topological polar surface area (TPSA) is 221 Å². The van der Waals surface area contributed by atoms with E-state index in [1.54, 1.807) is 0 Å². The Bertz CT molecular complexity index is 2140. The van der Waals surface area contributed by atoms with Gasteiger partial charge in [-0.05, 0) is 294 Å². The van der Waals surface area contributed by atoms with Crippen molar-refractivity contribution in [1.82, 2.24) is 41.7 Å². The van der Waals surface area contributed by atoms with Gasteiger partial charge in [-0.15, -0.1) is 0 Å². The van der Waals surface area contributed by atoms with Crippen LogP contribution in [0.5, 0.6) is 0 Å². The highest BCUT2D eigenvalue weighted by molar-refractivity contribution is 6.71. The standard InChI is InChI=1S/C75H144N8O12Si2/c1-13-82(14-2)53-69(94-73(86)80-65-39-27-59(28-40-65)51-57-23-35-63(36-24-57)78-71(84)76-47-21-49-96(11,12)90-17-5)55-88-67-43-31-61(32-44-67)75(9,10)62-33-45-68(46-34-62)89-56-70(54-83(15-3)16-4)95-74(87)81-66-41-29-60(30-42-66)52-58-25-37-64(38-26-58)79-72(85)77-48-22-50-97(91-18-6,92-19-7)93-20-8/h57-70H,13-56H2,1-12H3,(H,80,86)(H,81,87)(H2,76,78,84)(H2,77,79,85). The Labute approximate surface area is 591 Å². The van der Waals surface area contributed by atoms with Crippen LogP contribution in [0.25, 0.3) is 0 Å². The van der Waals surface area contributed by atoms with Gasteiger partial charge in [-0.1, -0.05) is 41.5 Å². The summed E-state index contributed by atoms with van der Waals surface area (Å²) in [5.74, 6) is 4.03. The van der Waals surface area contributed by atoms with E-state index in [1.165, 1.54) is 25.7 Å². The van der Waals surface area contributed by atoms with Gasteiger partial charge < -0.3 is 78.4 Å². The molecule has 564 valence electrons. The molecule has 2 unspecified atom stereocenters. The molecule has 0 heterocycles. The monoisotopic (exact) mass is 1410 g/mol. The van der Waals surface area contributed by atoms with Crippen LogP contribution in [0.4, 0.5) is 19.2 Å². The first-order chi connectivity index (χ1) is 46.7. The molecule has 0 spiro atoms. The van der Waals surface area contributed by atoms with Crippen LogP contribution in [0, 0.1) is 40.9 Å². The summed E-state index contributed by atoms with van der Waals surface area (Å²) in [5.41, 5.74) is 0.211. The second-order valence-corrected chi connectivity index (χ2v) is 38.3. The average Bonchev–Trinajstić information content (AvgIpc) is 0.941. The molecule has 6 aliphatic rings. The third-order valence-corrected chi connectivity index (χ3v) is 29.4. The predicted octanol–water partition coefficient (Wildman–Crippen LogP) is 14.7. The van der Waals surface area contributed by atoms with Crippen molar-refractivity contribution in [2.24, 2.45) is 40.9 Å². The van der Waals surface area contributed by atoms with Crippen molar-refractivity contribution in [3.63, 3.8) is 0 Å². The number of nitrogens with one attached hydrogen (secondary N) is 6. The fourth-order valence-corrected chi connectivity index (χ4v) is 22.1. The van der Waals surface area contributed by atoms with E-state index in [1.807, 2.05) is 20.8 Å². The maximum Gasteiger partial charge on any atom is 0.500 e. The average molecular weight is 1410 g/mol. The summed E-state index contributed by atoms with van der Waals surface area (Å²) < 4.78 is 49.6. The minimum Gasteiger partial charge on any atom is -0.442 e. The van der Waals surface area contributed by atoms with E-state index in [9.17, 15) is 19.2 Å². The first-order valence-electron chi connectivity index (χ1n) is 40.0. The minimum absolute atomic E-state index is 0.0303. The largest absolute Gasteiger partial charge is 0.500 e. The molecule has 6 aliphatic carbocycles. The quantitative estimate of drug-likeness (QED) is 0.0247. The lowest BCUT2D eigenvalue weighted by molar-refractivity contribution is -0.0671. The van der Waals surface area contributed by atoms with Gasteiger partial charge in [-0.2, -0.15) is 0 Å². The molecule has 22 heteroatoms. The predicted molar refractivity (Wildman–Crippen MR) is 393 cm³/mol. The third kappa shape index (κ3) is 30.6. The van der Waals surface area contributed by atoms with Gasteiger partial charge in [0.1, 0.15) is 12.2 Å². The third-order valence-electron chi connectivity index (χ3n) is 23.6. The van der Waals surface area contributed by atoms with E-state index in [2.05, 4.69) is 103 Å². The Morgan fingerprint density at radius 2 is 0.742 bits per heavy atom. The summed E-state index contributed by atoms with van der Waals surface area (Å²) >= 11 is 0. The molecule has 6 amide bonds. The zero-order valence-corrected chi connectivity index (χ0v) is 65.5. The second kappa shape index (κ2) is 44.7. The van der Waals surface area contributed by atoms with Crippen molar-refractivity contribution in [2.45, 2.75) is 323 Å². The van der Waals surface area contributed by atoms with Crippen LogP contribution in [0.3, 0.4) is 0 Å². The lowest BCUT2D eigenvalue weighted by Gasteiger charge is -2.46. The molecule has 97 heavy (non-hydrogen) atoms. The fourth-order valence-electron chi connectivity index (χ4n) is 17.5. The zero-order chi connectivity index (χ0) is 70.1. The number of amides is 6. The Morgan fingerprint density at radius 3 is 1.06 bits per heavy atom. The number of rotatable bonds is 42. The molecule has 0 aliphatic heterocycles. The smallest absolute Gasteiger partial charge is 0.442 e. The van der Waals surface area contributed by atoms with Crippen molar-refractivity contribution in [1.29, 1.82) is 0 Å². The normalized spacial score (nSPS) is 27.5. The van der Waals surface area contributed by atoms with Crippen LogP contribution < -0.4 is 31.9 Å². The number of ether oxygens (including phenoxy) is 4. The molecule has 0 aromatic carbocycles. The van der Waals surface area contributed by atoms with Gasteiger partial charge in [-0.25, -0.2) is 19.2 Å². The Kier molecular flexibility index (Phi) is 38.3. The lowest BCUT2D eigenvalue weighted by Crippen LogP contribution is -2.47. The maximum absolute atomic E-state index is 13.6. The van der Waals surface area contributed by atoms with Gasteiger partial charge in [0, 0.05) is 82.8 Å². The number of hydrogen-bond acceptors (Lipinski definition) is 14. The van der Waals surface area contributed by atoms with Crippen LogP contribution >= 0.6 is 0 Å². The molecule has 20 nitrogen and oxygen atoms in total. The molecular formula is C75H144N8O12Si2. The summed E-state index contributed by atoms with van der Waals surface area (Å²) in [5, 5.41) is 19.1. The summed E-state index contributed by atoms with van der Waals surface area (Å²) in [4.78, 5) is 57.2. The van der Waals surface area contributed by atoms with E-state index in [-0.39, 0.29) is 78.2 Å². The molecule has 2 atom stereocenters. The van der Waals surface area contributed by atoms with Gasteiger partial charge in [0.05, 0.1) is 25.4 Å². The maximum atomic E-state index is 13.6. The lowest BCUT2D eigenvalue weighted by atomic mass is 9.60. The highest BCUT2D eigenvalue weighted by Gasteiger charge is 2.43. The van der Waals surface area contributed by atoms with Crippen molar-refractivity contribution in [3.05, 3.63) is 0 Å². The van der Waals surface area contributed by atoms with Crippen LogP contribution in [-0.2, 0) is 36.7 Å². The van der Waals surface area contributed by atoms with E-state index >= 15 is 0 Å². The number of alkyl carbamates (subject to hydrolysis) is 2. The Hall–Kier alpha value is -2.81. The molecule has 6 fully saturated rings. The number of urea groups is 2. The molecule has 6 N–H and O–H groups in total. The van der Waals surface area contributed by atoms with E-state index in [4.69, 9.17) is 36.7 Å². The van der Waals surface area contributed by atoms with Gasteiger partial charge in [0.2, 0.25) is 0 Å². The van der Waals surface area contributed by atoms with E-state index in [0.717, 1.165) is 193 Å². The number of likely N-dealkylation sites (N-methyl/N-ethyl adjacent to an activating group) is 2. The summed E-state index contributed by atoms with van der Waals surface area (Å²) in [6.07, 6.45) is 29.2. The van der Waals surface area contributed by atoms with Crippen molar-refractivity contribution in [3.8, 4) is 0 Å². The van der Waals surface area contributed by atoms with Gasteiger partial charge in [0.25, 0.3) is 0 Å². The highest BCUT2D eigenvalue weighted by atomic mass is 28.4. The molecule has 0 saturated heterocycles. The van der Waals surface area contributed by atoms with Gasteiger partial charge >= 0.3 is 33.1 Å². The highest BCUT2D eigenvalue weighted by Crippen LogP contribution is 2.49. The van der Waals surface area contributed by atoms with Gasteiger partial charge in [-0.3, -0.25) is 0 Å². The number of hydrogen-bond donors (Lipinski definition) is 6. The summed E-state index contributed by atoms with van der Waals surface area (Å²) in [6, 6.07) is 2.36. The summed E-state index contributed by atoms with van der Waals surface area (Å²) in [6.45, 7) is 35.5. The van der Waals surface area contributed by atoms with Crippen LogP contribution in [-0.4, -0.2) is 192 Å². The number of carbonyl (C=O) groups excluding carboxylic acids is 4. The summed E-state index contributed by atoms with van der Waals surface area (Å²) in [7, 11) is -4.33. The van der Waals surface area contributed by atoms with Crippen LogP contribution in [0.15, 0.2) is 0 Å². The zero-order valence-electron chi connectivity index (χ0n) is 63.5. The van der Waals surface area contributed by atoms with E-state index < -0.39 is 17.1 Å². The van der Waals surface area contributed by atoms with E-state index in [0.29, 0.717) is 101 Å².